The first kappa shape index (κ1) is 16.9. The molecule has 0 aliphatic carbocycles. The molecule has 1 aliphatic rings. The zero-order valence-electron chi connectivity index (χ0n) is 13.8. The Morgan fingerprint density at radius 2 is 2.20 bits per heavy atom. The van der Waals surface area contributed by atoms with Gasteiger partial charge in [-0.2, -0.15) is 5.26 Å². The lowest BCUT2D eigenvalue weighted by Crippen LogP contribution is -2.44. The van der Waals surface area contributed by atoms with Crippen molar-refractivity contribution in [2.45, 2.75) is 13.0 Å². The van der Waals surface area contributed by atoms with Crippen molar-refractivity contribution >= 4 is 11.7 Å². The van der Waals surface area contributed by atoms with Gasteiger partial charge in [0.1, 0.15) is 11.9 Å². The molecule has 1 atom stereocenters. The highest BCUT2D eigenvalue weighted by Gasteiger charge is 2.26. The molecule has 1 aliphatic heterocycles. The van der Waals surface area contributed by atoms with E-state index in [0.717, 1.165) is 5.56 Å². The SMILES string of the molecule is Cc1ccc(C#N)cc1NC(=O)N1CCO[C@@H](c2cccc(F)c2)C1. The van der Waals surface area contributed by atoms with Gasteiger partial charge in [-0.25, -0.2) is 9.18 Å². The van der Waals surface area contributed by atoms with Crippen molar-refractivity contribution in [1.29, 1.82) is 5.26 Å². The van der Waals surface area contributed by atoms with E-state index in [0.29, 0.717) is 36.5 Å². The molecule has 0 bridgehead atoms. The summed E-state index contributed by atoms with van der Waals surface area (Å²) >= 11 is 0. The Bertz CT molecular complexity index is 832. The van der Waals surface area contributed by atoms with E-state index in [1.54, 1.807) is 35.2 Å². The van der Waals surface area contributed by atoms with Gasteiger partial charge in [-0.3, -0.25) is 0 Å². The topological polar surface area (TPSA) is 65.4 Å². The lowest BCUT2D eigenvalue weighted by molar-refractivity contribution is -0.0136. The minimum absolute atomic E-state index is 0.261. The molecule has 25 heavy (non-hydrogen) atoms. The van der Waals surface area contributed by atoms with E-state index < -0.39 is 0 Å². The lowest BCUT2D eigenvalue weighted by atomic mass is 10.1. The minimum atomic E-state index is -0.360. The molecule has 1 N–H and O–H groups in total. The second-order valence-electron chi connectivity index (χ2n) is 5.93. The zero-order valence-corrected chi connectivity index (χ0v) is 13.8. The highest BCUT2D eigenvalue weighted by Crippen LogP contribution is 2.24. The zero-order chi connectivity index (χ0) is 17.8. The number of nitrogens with zero attached hydrogens (tertiary/aromatic N) is 2. The number of amides is 2. The summed E-state index contributed by atoms with van der Waals surface area (Å²) in [5.41, 5.74) is 2.68. The smallest absolute Gasteiger partial charge is 0.322 e. The van der Waals surface area contributed by atoms with Crippen LogP contribution in [0.5, 0.6) is 0 Å². The number of rotatable bonds is 2. The van der Waals surface area contributed by atoms with Gasteiger partial charge in [-0.05, 0) is 42.3 Å². The maximum Gasteiger partial charge on any atom is 0.322 e. The minimum Gasteiger partial charge on any atom is -0.370 e. The number of morpholine rings is 1. The van der Waals surface area contributed by atoms with Gasteiger partial charge in [0.05, 0.1) is 24.8 Å². The Hall–Kier alpha value is -2.91. The van der Waals surface area contributed by atoms with Crippen LogP contribution in [0.2, 0.25) is 0 Å². The maximum atomic E-state index is 13.4. The van der Waals surface area contributed by atoms with E-state index in [9.17, 15) is 9.18 Å². The van der Waals surface area contributed by atoms with Crippen molar-refractivity contribution in [3.05, 3.63) is 65.0 Å². The fraction of sp³-hybridized carbons (Fsp3) is 0.263. The molecule has 3 rings (SSSR count). The Kier molecular flexibility index (Phi) is 4.96. The van der Waals surface area contributed by atoms with Gasteiger partial charge in [0, 0.05) is 12.2 Å². The highest BCUT2D eigenvalue weighted by atomic mass is 19.1. The molecule has 0 saturated carbocycles. The van der Waals surface area contributed by atoms with Crippen molar-refractivity contribution in [2.75, 3.05) is 25.0 Å². The molecule has 1 fully saturated rings. The van der Waals surface area contributed by atoms with Crippen LogP contribution in [0.3, 0.4) is 0 Å². The van der Waals surface area contributed by atoms with Gasteiger partial charge in [0.25, 0.3) is 0 Å². The Balaban J connectivity index is 1.71. The Morgan fingerprint density at radius 3 is 2.96 bits per heavy atom. The largest absolute Gasteiger partial charge is 0.370 e. The monoisotopic (exact) mass is 339 g/mol. The van der Waals surface area contributed by atoms with Crippen LogP contribution in [0.15, 0.2) is 42.5 Å². The first-order valence-electron chi connectivity index (χ1n) is 8.00. The number of hydrogen-bond donors (Lipinski definition) is 1. The Morgan fingerprint density at radius 1 is 1.36 bits per heavy atom. The molecule has 2 amide bonds. The van der Waals surface area contributed by atoms with Gasteiger partial charge >= 0.3 is 6.03 Å². The molecule has 2 aromatic rings. The van der Waals surface area contributed by atoms with E-state index in [1.807, 2.05) is 6.92 Å². The van der Waals surface area contributed by atoms with Crippen LogP contribution in [0.1, 0.15) is 22.8 Å². The van der Waals surface area contributed by atoms with E-state index in [2.05, 4.69) is 11.4 Å². The predicted molar refractivity (Wildman–Crippen MR) is 91.6 cm³/mol. The van der Waals surface area contributed by atoms with Gasteiger partial charge in [0.15, 0.2) is 0 Å². The van der Waals surface area contributed by atoms with Crippen LogP contribution in [-0.2, 0) is 4.74 Å². The van der Waals surface area contributed by atoms with Crippen LogP contribution < -0.4 is 5.32 Å². The lowest BCUT2D eigenvalue weighted by Gasteiger charge is -2.33. The van der Waals surface area contributed by atoms with Crippen LogP contribution in [0.4, 0.5) is 14.9 Å². The molecule has 0 aromatic heterocycles. The maximum absolute atomic E-state index is 13.4. The van der Waals surface area contributed by atoms with Crippen molar-refractivity contribution in [3.8, 4) is 6.07 Å². The van der Waals surface area contributed by atoms with Gasteiger partial charge in [0.2, 0.25) is 0 Å². The van der Waals surface area contributed by atoms with E-state index in [4.69, 9.17) is 10.00 Å². The predicted octanol–water partition coefficient (Wildman–Crippen LogP) is 3.61. The molecule has 0 spiro atoms. The summed E-state index contributed by atoms with van der Waals surface area (Å²) in [6, 6.07) is 13.2. The van der Waals surface area contributed by atoms with E-state index in [1.165, 1.54) is 12.1 Å². The molecule has 0 radical (unpaired) electrons. The van der Waals surface area contributed by atoms with Crippen LogP contribution in [0.25, 0.3) is 0 Å². The number of aryl methyl sites for hydroxylation is 1. The average molecular weight is 339 g/mol. The van der Waals surface area contributed by atoms with E-state index in [-0.39, 0.29) is 18.0 Å². The van der Waals surface area contributed by atoms with Crippen molar-refractivity contribution in [2.24, 2.45) is 0 Å². The van der Waals surface area contributed by atoms with Crippen LogP contribution in [-0.4, -0.2) is 30.6 Å². The molecular formula is C19H18FN3O2. The molecule has 1 saturated heterocycles. The molecule has 2 aromatic carbocycles. The van der Waals surface area contributed by atoms with Crippen molar-refractivity contribution in [3.63, 3.8) is 0 Å². The third-order valence-electron chi connectivity index (χ3n) is 4.18. The number of carbonyl (C=O) groups is 1. The normalized spacial score (nSPS) is 17.0. The second-order valence-corrected chi connectivity index (χ2v) is 5.93. The van der Waals surface area contributed by atoms with Crippen LogP contribution in [0, 0.1) is 24.1 Å². The fourth-order valence-electron chi connectivity index (χ4n) is 2.76. The number of nitriles is 1. The van der Waals surface area contributed by atoms with Crippen molar-refractivity contribution < 1.29 is 13.9 Å². The number of anilines is 1. The third kappa shape index (κ3) is 3.95. The number of halogens is 1. The number of carbonyl (C=O) groups excluding carboxylic acids is 1. The Labute approximate surface area is 145 Å². The molecule has 0 unspecified atom stereocenters. The number of benzene rings is 2. The van der Waals surface area contributed by atoms with Crippen LogP contribution >= 0.6 is 0 Å². The molecule has 128 valence electrons. The summed E-state index contributed by atoms with van der Waals surface area (Å²) in [6.07, 6.45) is -0.360. The van der Waals surface area contributed by atoms with Gasteiger partial charge < -0.3 is 15.0 Å². The summed E-state index contributed by atoms with van der Waals surface area (Å²) < 4.78 is 19.1. The summed E-state index contributed by atoms with van der Waals surface area (Å²) in [5.74, 6) is -0.327. The number of urea groups is 1. The van der Waals surface area contributed by atoms with E-state index >= 15 is 0 Å². The highest BCUT2D eigenvalue weighted by molar-refractivity contribution is 5.90. The molecular weight excluding hydrogens is 321 g/mol. The summed E-state index contributed by atoms with van der Waals surface area (Å²) in [5, 5.41) is 11.8. The number of ether oxygens (including phenoxy) is 1. The quantitative estimate of drug-likeness (QED) is 0.909. The first-order valence-corrected chi connectivity index (χ1v) is 8.00. The summed E-state index contributed by atoms with van der Waals surface area (Å²) in [4.78, 5) is 14.2. The number of nitrogens with one attached hydrogen (secondary N) is 1. The second kappa shape index (κ2) is 7.32. The summed E-state index contributed by atoms with van der Waals surface area (Å²) in [7, 11) is 0. The summed E-state index contributed by atoms with van der Waals surface area (Å²) in [6.45, 7) is 3.04. The molecule has 5 nitrogen and oxygen atoms in total. The molecule has 6 heteroatoms. The first-order chi connectivity index (χ1) is 12.1. The van der Waals surface area contributed by atoms with Gasteiger partial charge in [-0.1, -0.05) is 18.2 Å². The van der Waals surface area contributed by atoms with Crippen molar-refractivity contribution in [1.82, 2.24) is 4.90 Å². The van der Waals surface area contributed by atoms with Gasteiger partial charge in [-0.15, -0.1) is 0 Å². The number of hydrogen-bond acceptors (Lipinski definition) is 3. The molecule has 1 heterocycles. The fourth-order valence-corrected chi connectivity index (χ4v) is 2.76. The standard InChI is InChI=1S/C19H18FN3O2/c1-13-5-6-14(11-21)9-17(13)22-19(24)23-7-8-25-18(12-23)15-3-2-4-16(20)10-15/h2-6,9-10,18H,7-8,12H2,1H3,(H,22,24)/t18-/m1/s1. The average Bonchev–Trinajstić information content (AvgIpc) is 2.63. The third-order valence-corrected chi connectivity index (χ3v) is 4.18.